The fourth-order valence-electron chi connectivity index (χ4n) is 1.86. The molecule has 0 saturated heterocycles. The second-order valence-corrected chi connectivity index (χ2v) is 3.23. The van der Waals surface area contributed by atoms with Gasteiger partial charge in [-0.1, -0.05) is 6.08 Å². The van der Waals surface area contributed by atoms with Gasteiger partial charge in [-0.15, -0.1) is 0 Å². The zero-order valence-electron chi connectivity index (χ0n) is 7.09. The Labute approximate surface area is 67.3 Å². The second-order valence-electron chi connectivity index (χ2n) is 3.23. The summed E-state index contributed by atoms with van der Waals surface area (Å²) in [5.41, 5.74) is 4.36. The van der Waals surface area contributed by atoms with Gasteiger partial charge in [0.1, 0.15) is 0 Å². The number of hydrogen-bond donors (Lipinski definition) is 0. The minimum absolute atomic E-state index is 1.21. The zero-order valence-corrected chi connectivity index (χ0v) is 7.09. The minimum atomic E-state index is 1.21. The van der Waals surface area contributed by atoms with Crippen molar-refractivity contribution in [3.63, 3.8) is 0 Å². The highest BCUT2D eigenvalue weighted by molar-refractivity contribution is 5.66. The summed E-state index contributed by atoms with van der Waals surface area (Å²) in [7, 11) is 2.11. The molecule has 1 heteroatoms. The van der Waals surface area contributed by atoms with Crippen molar-refractivity contribution in [2.45, 2.75) is 19.8 Å². The Morgan fingerprint density at radius 1 is 1.45 bits per heavy atom. The standard InChI is InChI=1S/C10H13N/c1-8-4-3-5-9-6-7-11(2)10(8)9/h4,6-7H,3,5H2,1-2H3. The first-order chi connectivity index (χ1) is 5.29. The van der Waals surface area contributed by atoms with E-state index in [1.54, 1.807) is 0 Å². The zero-order chi connectivity index (χ0) is 7.84. The van der Waals surface area contributed by atoms with Crippen molar-refractivity contribution < 1.29 is 0 Å². The Balaban J connectivity index is 2.61. The molecule has 0 bridgehead atoms. The van der Waals surface area contributed by atoms with Gasteiger partial charge in [0, 0.05) is 18.9 Å². The van der Waals surface area contributed by atoms with Gasteiger partial charge in [-0.05, 0) is 37.0 Å². The van der Waals surface area contributed by atoms with Crippen LogP contribution in [0.4, 0.5) is 0 Å². The van der Waals surface area contributed by atoms with Crippen LogP contribution >= 0.6 is 0 Å². The number of rotatable bonds is 0. The first-order valence-electron chi connectivity index (χ1n) is 4.10. The highest BCUT2D eigenvalue weighted by Gasteiger charge is 2.11. The second kappa shape index (κ2) is 2.26. The van der Waals surface area contributed by atoms with Gasteiger partial charge < -0.3 is 4.57 Å². The maximum absolute atomic E-state index is 2.32. The van der Waals surface area contributed by atoms with E-state index in [1.165, 1.54) is 29.7 Å². The topological polar surface area (TPSA) is 4.93 Å². The molecule has 0 amide bonds. The molecular weight excluding hydrogens is 134 g/mol. The summed E-state index contributed by atoms with van der Waals surface area (Å²) in [4.78, 5) is 0. The van der Waals surface area contributed by atoms with Gasteiger partial charge in [0.05, 0.1) is 0 Å². The highest BCUT2D eigenvalue weighted by Crippen LogP contribution is 2.25. The van der Waals surface area contributed by atoms with Crippen molar-refractivity contribution in [2.24, 2.45) is 7.05 Å². The number of fused-ring (bicyclic) bond motifs is 1. The molecule has 1 aliphatic carbocycles. The quantitative estimate of drug-likeness (QED) is 0.531. The van der Waals surface area contributed by atoms with Crippen LogP contribution in [0.5, 0.6) is 0 Å². The predicted octanol–water partition coefficient (Wildman–Crippen LogP) is 2.37. The molecule has 1 aromatic heterocycles. The first kappa shape index (κ1) is 6.71. The molecule has 0 N–H and O–H groups in total. The highest BCUT2D eigenvalue weighted by atomic mass is 14.9. The van der Waals surface area contributed by atoms with Gasteiger partial charge >= 0.3 is 0 Å². The summed E-state index contributed by atoms with van der Waals surface area (Å²) in [5.74, 6) is 0. The van der Waals surface area contributed by atoms with Crippen molar-refractivity contribution in [2.75, 3.05) is 0 Å². The maximum Gasteiger partial charge on any atom is 0.0463 e. The van der Waals surface area contributed by atoms with E-state index in [2.05, 4.69) is 36.9 Å². The van der Waals surface area contributed by atoms with Crippen LogP contribution in [0.15, 0.2) is 18.3 Å². The van der Waals surface area contributed by atoms with Gasteiger partial charge in [0.15, 0.2) is 0 Å². The van der Waals surface area contributed by atoms with E-state index in [9.17, 15) is 0 Å². The fraction of sp³-hybridized carbons (Fsp3) is 0.400. The third-order valence-corrected chi connectivity index (χ3v) is 2.39. The van der Waals surface area contributed by atoms with Crippen LogP contribution in [0.3, 0.4) is 0 Å². The maximum atomic E-state index is 2.32. The number of nitrogens with zero attached hydrogens (tertiary/aromatic N) is 1. The van der Waals surface area contributed by atoms with Crippen molar-refractivity contribution in [3.8, 4) is 0 Å². The molecule has 2 rings (SSSR count). The van der Waals surface area contributed by atoms with Crippen LogP contribution in [-0.4, -0.2) is 4.57 Å². The Hall–Kier alpha value is -0.980. The number of hydrogen-bond acceptors (Lipinski definition) is 0. The smallest absolute Gasteiger partial charge is 0.0463 e. The van der Waals surface area contributed by atoms with Crippen LogP contribution in [-0.2, 0) is 13.5 Å². The summed E-state index contributed by atoms with van der Waals surface area (Å²) in [5, 5.41) is 0. The van der Waals surface area contributed by atoms with Crippen LogP contribution in [0.2, 0.25) is 0 Å². The number of aryl methyl sites for hydroxylation is 2. The first-order valence-corrected chi connectivity index (χ1v) is 4.10. The van der Waals surface area contributed by atoms with E-state index in [1.807, 2.05) is 0 Å². The lowest BCUT2D eigenvalue weighted by Crippen LogP contribution is -2.00. The molecule has 0 radical (unpaired) electrons. The monoisotopic (exact) mass is 147 g/mol. The summed E-state index contributed by atoms with van der Waals surface area (Å²) in [6.07, 6.45) is 6.89. The Kier molecular flexibility index (Phi) is 1.38. The van der Waals surface area contributed by atoms with E-state index >= 15 is 0 Å². The molecule has 0 atom stereocenters. The average molecular weight is 147 g/mol. The normalized spacial score (nSPS) is 16.0. The van der Waals surface area contributed by atoms with E-state index in [4.69, 9.17) is 0 Å². The Morgan fingerprint density at radius 3 is 3.00 bits per heavy atom. The molecule has 0 unspecified atom stereocenters. The third kappa shape index (κ3) is 0.917. The van der Waals surface area contributed by atoms with Gasteiger partial charge in [-0.25, -0.2) is 0 Å². The number of aromatic nitrogens is 1. The minimum Gasteiger partial charge on any atom is -0.351 e. The van der Waals surface area contributed by atoms with Crippen LogP contribution in [0, 0.1) is 0 Å². The van der Waals surface area contributed by atoms with E-state index in [-0.39, 0.29) is 0 Å². The molecule has 0 fully saturated rings. The van der Waals surface area contributed by atoms with Gasteiger partial charge in [0.2, 0.25) is 0 Å². The lowest BCUT2D eigenvalue weighted by molar-refractivity contribution is 0.874. The third-order valence-electron chi connectivity index (χ3n) is 2.39. The fourth-order valence-corrected chi connectivity index (χ4v) is 1.86. The molecule has 0 aliphatic heterocycles. The Morgan fingerprint density at radius 2 is 2.27 bits per heavy atom. The molecule has 0 spiro atoms. The van der Waals surface area contributed by atoms with Crippen molar-refractivity contribution in [1.82, 2.24) is 4.57 Å². The van der Waals surface area contributed by atoms with Gasteiger partial charge in [0.25, 0.3) is 0 Å². The number of allylic oxidation sites excluding steroid dienone is 2. The van der Waals surface area contributed by atoms with Crippen molar-refractivity contribution in [3.05, 3.63) is 29.6 Å². The largest absolute Gasteiger partial charge is 0.351 e. The summed E-state index contributed by atoms with van der Waals surface area (Å²) in [6.45, 7) is 2.19. The lowest BCUT2D eigenvalue weighted by atomic mass is 9.99. The summed E-state index contributed by atoms with van der Waals surface area (Å²) >= 11 is 0. The van der Waals surface area contributed by atoms with Crippen LogP contribution in [0.25, 0.3) is 5.57 Å². The average Bonchev–Trinajstić information content (AvgIpc) is 2.34. The lowest BCUT2D eigenvalue weighted by Gasteiger charge is -2.12. The van der Waals surface area contributed by atoms with Crippen molar-refractivity contribution >= 4 is 5.57 Å². The molecule has 58 valence electrons. The summed E-state index contributed by atoms with van der Waals surface area (Å²) in [6, 6.07) is 2.23. The van der Waals surface area contributed by atoms with Crippen LogP contribution < -0.4 is 0 Å². The van der Waals surface area contributed by atoms with Crippen LogP contribution in [0.1, 0.15) is 24.6 Å². The molecule has 11 heavy (non-hydrogen) atoms. The predicted molar refractivity (Wildman–Crippen MR) is 47.4 cm³/mol. The molecule has 0 saturated carbocycles. The van der Waals surface area contributed by atoms with E-state index < -0.39 is 0 Å². The molecule has 1 heterocycles. The molecule has 1 nitrogen and oxygen atoms in total. The molecule has 1 aromatic rings. The van der Waals surface area contributed by atoms with E-state index in [0.717, 1.165) is 0 Å². The van der Waals surface area contributed by atoms with E-state index in [0.29, 0.717) is 0 Å². The van der Waals surface area contributed by atoms with Crippen molar-refractivity contribution in [1.29, 1.82) is 0 Å². The molecular formula is C10H13N. The summed E-state index contributed by atoms with van der Waals surface area (Å²) < 4.78 is 2.21. The van der Waals surface area contributed by atoms with Gasteiger partial charge in [-0.3, -0.25) is 0 Å². The SMILES string of the molecule is CC1=CCCc2ccn(C)c21. The Bertz CT molecular complexity index is 305. The molecule has 0 aromatic carbocycles. The van der Waals surface area contributed by atoms with Gasteiger partial charge in [-0.2, -0.15) is 0 Å². The molecule has 1 aliphatic rings.